The molecule has 164 valence electrons. The van der Waals surface area contributed by atoms with Crippen molar-refractivity contribution in [2.75, 3.05) is 0 Å². The van der Waals surface area contributed by atoms with Crippen molar-refractivity contribution in [1.82, 2.24) is 24.8 Å². The number of hydrogen-bond donors (Lipinski definition) is 2. The Morgan fingerprint density at radius 1 is 1.00 bits per heavy atom. The smallest absolute Gasteiger partial charge is 0.261 e. The highest BCUT2D eigenvalue weighted by Crippen LogP contribution is 2.23. The van der Waals surface area contributed by atoms with Gasteiger partial charge in [-0.05, 0) is 54.8 Å². The average Bonchev–Trinajstić information content (AvgIpc) is 3.23. The number of rotatable bonds is 5. The van der Waals surface area contributed by atoms with Crippen molar-refractivity contribution in [2.45, 2.75) is 26.9 Å². The van der Waals surface area contributed by atoms with Crippen LogP contribution in [0.25, 0.3) is 33.3 Å². The Hall–Kier alpha value is -4.26. The predicted molar refractivity (Wildman–Crippen MR) is 129 cm³/mol. The van der Waals surface area contributed by atoms with Gasteiger partial charge in [0.1, 0.15) is 12.4 Å². The molecule has 0 radical (unpaired) electrons. The normalized spacial score (nSPS) is 11.2. The van der Waals surface area contributed by atoms with Gasteiger partial charge in [0.25, 0.3) is 5.56 Å². The van der Waals surface area contributed by atoms with E-state index in [2.05, 4.69) is 41.3 Å². The summed E-state index contributed by atoms with van der Waals surface area (Å²) in [5, 5.41) is 3.37. The van der Waals surface area contributed by atoms with Gasteiger partial charge in [-0.25, -0.2) is 9.97 Å². The number of carbonyl (C=O) groups excluding carboxylic acids is 1. The summed E-state index contributed by atoms with van der Waals surface area (Å²) in [5.74, 6) is 0.565. The minimum atomic E-state index is -0.249. The quantitative estimate of drug-likeness (QED) is 0.437. The molecule has 2 heterocycles. The van der Waals surface area contributed by atoms with Gasteiger partial charge in [0.05, 0.1) is 28.3 Å². The molecule has 2 N–H and O–H groups in total. The van der Waals surface area contributed by atoms with Crippen molar-refractivity contribution < 1.29 is 4.79 Å². The molecule has 2 aromatic heterocycles. The van der Waals surface area contributed by atoms with E-state index in [1.807, 2.05) is 30.3 Å². The molecule has 0 saturated heterocycles. The predicted octanol–water partition coefficient (Wildman–Crippen LogP) is 3.87. The van der Waals surface area contributed by atoms with Crippen LogP contribution in [0.1, 0.15) is 16.7 Å². The second-order valence-corrected chi connectivity index (χ2v) is 8.21. The van der Waals surface area contributed by atoms with Crippen LogP contribution >= 0.6 is 0 Å². The van der Waals surface area contributed by atoms with Crippen LogP contribution in [0.3, 0.4) is 0 Å². The number of benzene rings is 3. The van der Waals surface area contributed by atoms with Crippen LogP contribution in [-0.4, -0.2) is 25.4 Å². The van der Waals surface area contributed by atoms with E-state index in [1.165, 1.54) is 22.0 Å². The second-order valence-electron chi connectivity index (χ2n) is 8.21. The third kappa shape index (κ3) is 4.13. The first-order valence-corrected chi connectivity index (χ1v) is 10.7. The lowest BCUT2D eigenvalue weighted by molar-refractivity contribution is -0.121. The number of carbonyl (C=O) groups is 1. The van der Waals surface area contributed by atoms with Gasteiger partial charge in [-0.15, -0.1) is 0 Å². The summed E-state index contributed by atoms with van der Waals surface area (Å²) >= 11 is 0. The fourth-order valence-corrected chi connectivity index (χ4v) is 3.82. The highest BCUT2D eigenvalue weighted by atomic mass is 16.2. The Morgan fingerprint density at radius 2 is 1.76 bits per heavy atom. The first-order chi connectivity index (χ1) is 16.0. The molecule has 5 rings (SSSR count). The third-order valence-corrected chi connectivity index (χ3v) is 5.86. The lowest BCUT2D eigenvalue weighted by Gasteiger charge is -2.08. The molecule has 7 heteroatoms. The van der Waals surface area contributed by atoms with E-state index in [-0.39, 0.29) is 18.0 Å². The van der Waals surface area contributed by atoms with E-state index in [4.69, 9.17) is 4.98 Å². The molecular weight excluding hydrogens is 414 g/mol. The molecule has 0 bridgehead atoms. The number of imidazole rings is 1. The van der Waals surface area contributed by atoms with Crippen molar-refractivity contribution in [2.24, 2.45) is 0 Å². The first kappa shape index (κ1) is 20.6. The number of aryl methyl sites for hydroxylation is 2. The van der Waals surface area contributed by atoms with Gasteiger partial charge in [0, 0.05) is 12.1 Å². The minimum absolute atomic E-state index is 0.0768. The van der Waals surface area contributed by atoms with Gasteiger partial charge in [-0.1, -0.05) is 36.4 Å². The molecule has 0 spiro atoms. The van der Waals surface area contributed by atoms with Crippen LogP contribution in [0.15, 0.2) is 71.8 Å². The number of nitrogens with one attached hydrogen (secondary N) is 2. The van der Waals surface area contributed by atoms with E-state index < -0.39 is 0 Å². The SMILES string of the molecule is Cc1cc2nc(-c3ccc(CNC(=O)Cn4cnc5ccccc5c4=O)cc3)[nH]c2cc1C. The van der Waals surface area contributed by atoms with Gasteiger partial charge in [0.15, 0.2) is 0 Å². The Kier molecular flexibility index (Phi) is 5.22. The Balaban J connectivity index is 1.25. The molecular formula is C26H23N5O2. The molecule has 33 heavy (non-hydrogen) atoms. The fraction of sp³-hybridized carbons (Fsp3) is 0.154. The number of fused-ring (bicyclic) bond motifs is 2. The van der Waals surface area contributed by atoms with Gasteiger partial charge >= 0.3 is 0 Å². The molecule has 0 atom stereocenters. The fourth-order valence-electron chi connectivity index (χ4n) is 3.82. The number of aromatic nitrogens is 4. The maximum atomic E-state index is 12.5. The van der Waals surface area contributed by atoms with Crippen molar-refractivity contribution in [1.29, 1.82) is 0 Å². The molecule has 0 aliphatic heterocycles. The first-order valence-electron chi connectivity index (χ1n) is 10.7. The van der Waals surface area contributed by atoms with E-state index in [0.717, 1.165) is 28.0 Å². The Morgan fingerprint density at radius 3 is 2.58 bits per heavy atom. The molecule has 7 nitrogen and oxygen atoms in total. The zero-order valence-corrected chi connectivity index (χ0v) is 18.4. The van der Waals surface area contributed by atoms with Crippen LogP contribution in [0.2, 0.25) is 0 Å². The maximum absolute atomic E-state index is 12.5. The summed E-state index contributed by atoms with van der Waals surface area (Å²) in [6.45, 7) is 4.46. The van der Waals surface area contributed by atoms with Crippen LogP contribution in [0.4, 0.5) is 0 Å². The van der Waals surface area contributed by atoms with Crippen LogP contribution in [0.5, 0.6) is 0 Å². The number of para-hydroxylation sites is 1. The van der Waals surface area contributed by atoms with E-state index in [1.54, 1.807) is 18.2 Å². The highest BCUT2D eigenvalue weighted by Gasteiger charge is 2.09. The Bertz CT molecular complexity index is 1510. The molecule has 0 aliphatic rings. The highest BCUT2D eigenvalue weighted by molar-refractivity contribution is 5.81. The van der Waals surface area contributed by atoms with Crippen molar-refractivity contribution in [3.8, 4) is 11.4 Å². The molecule has 3 aromatic carbocycles. The van der Waals surface area contributed by atoms with E-state index in [9.17, 15) is 9.59 Å². The summed E-state index contributed by atoms with van der Waals surface area (Å²) < 4.78 is 1.33. The van der Waals surface area contributed by atoms with E-state index in [0.29, 0.717) is 17.4 Å². The van der Waals surface area contributed by atoms with Crippen molar-refractivity contribution >= 4 is 27.8 Å². The molecule has 0 unspecified atom stereocenters. The topological polar surface area (TPSA) is 92.7 Å². The van der Waals surface area contributed by atoms with Crippen LogP contribution in [0, 0.1) is 13.8 Å². The van der Waals surface area contributed by atoms with Crippen molar-refractivity contribution in [3.63, 3.8) is 0 Å². The third-order valence-electron chi connectivity index (χ3n) is 5.86. The molecule has 0 saturated carbocycles. The summed E-state index contributed by atoms with van der Waals surface area (Å²) in [4.78, 5) is 37.3. The molecule has 0 fully saturated rings. The Labute approximate surface area is 190 Å². The summed E-state index contributed by atoms with van der Waals surface area (Å²) in [6.07, 6.45) is 1.41. The molecule has 1 amide bonds. The summed E-state index contributed by atoms with van der Waals surface area (Å²) in [7, 11) is 0. The van der Waals surface area contributed by atoms with E-state index >= 15 is 0 Å². The number of aromatic amines is 1. The summed E-state index contributed by atoms with van der Waals surface area (Å²) in [6, 6.07) is 19.2. The average molecular weight is 438 g/mol. The van der Waals surface area contributed by atoms with Gasteiger partial charge in [-0.2, -0.15) is 0 Å². The number of H-pyrrole nitrogens is 1. The van der Waals surface area contributed by atoms with Crippen LogP contribution < -0.4 is 10.9 Å². The monoisotopic (exact) mass is 437 g/mol. The van der Waals surface area contributed by atoms with Gasteiger partial charge in [-0.3, -0.25) is 14.2 Å². The van der Waals surface area contributed by atoms with Crippen molar-refractivity contribution in [3.05, 3.63) is 94.0 Å². The second kappa shape index (κ2) is 8.35. The van der Waals surface area contributed by atoms with Gasteiger partial charge in [0.2, 0.25) is 5.91 Å². The van der Waals surface area contributed by atoms with Crippen LogP contribution in [-0.2, 0) is 17.9 Å². The lowest BCUT2D eigenvalue weighted by Crippen LogP contribution is -2.32. The number of hydrogen-bond acceptors (Lipinski definition) is 4. The zero-order valence-electron chi connectivity index (χ0n) is 18.4. The lowest BCUT2D eigenvalue weighted by atomic mass is 10.1. The largest absolute Gasteiger partial charge is 0.350 e. The number of amides is 1. The number of nitrogens with zero attached hydrogens (tertiary/aromatic N) is 3. The zero-order chi connectivity index (χ0) is 22.9. The summed E-state index contributed by atoms with van der Waals surface area (Å²) in [5.41, 5.74) is 6.74. The standard InChI is InChI=1S/C26H23N5O2/c1-16-11-22-23(12-17(16)2)30-25(29-22)19-9-7-18(8-10-19)13-27-24(32)14-31-15-28-21-6-4-3-5-20(21)26(31)33/h3-12,15H,13-14H2,1-2H3,(H,27,32)(H,29,30). The molecule has 5 aromatic rings. The molecule has 0 aliphatic carbocycles. The van der Waals surface area contributed by atoms with Gasteiger partial charge < -0.3 is 10.3 Å². The maximum Gasteiger partial charge on any atom is 0.261 e. The minimum Gasteiger partial charge on any atom is -0.350 e.